The summed E-state index contributed by atoms with van der Waals surface area (Å²) in [5, 5.41) is 12.0. The highest BCUT2D eigenvalue weighted by atomic mass is 32.2. The van der Waals surface area contributed by atoms with Crippen LogP contribution in [0.4, 0.5) is 5.69 Å². The average Bonchev–Trinajstić information content (AvgIpc) is 3.18. The summed E-state index contributed by atoms with van der Waals surface area (Å²) < 4.78 is 5.11. The Balaban J connectivity index is 1.59. The Morgan fingerprint density at radius 2 is 1.74 bits per heavy atom. The van der Waals surface area contributed by atoms with Crippen LogP contribution >= 0.6 is 11.8 Å². The number of carbonyl (C=O) groups excluding carboxylic acids is 2. The van der Waals surface area contributed by atoms with Gasteiger partial charge in [0.05, 0.1) is 18.9 Å². The summed E-state index contributed by atoms with van der Waals surface area (Å²) in [5.41, 5.74) is 0.659. The molecule has 2 fully saturated rings. The summed E-state index contributed by atoms with van der Waals surface area (Å²) >= 11 is 1.56. The minimum absolute atomic E-state index is 0.0290. The Hall–Kier alpha value is -2.22. The lowest BCUT2D eigenvalue weighted by atomic mass is 9.81. The van der Waals surface area contributed by atoms with E-state index in [9.17, 15) is 14.4 Å². The molecule has 3 rings (SSSR count). The van der Waals surface area contributed by atoms with Crippen LogP contribution in [-0.2, 0) is 14.4 Å². The second kappa shape index (κ2) is 8.65. The number of benzene rings is 1. The van der Waals surface area contributed by atoms with Gasteiger partial charge >= 0.3 is 5.97 Å². The first-order chi connectivity index (χ1) is 13.0. The van der Waals surface area contributed by atoms with Crippen LogP contribution in [0, 0.1) is 11.8 Å². The number of hydrogen-bond acceptors (Lipinski definition) is 5. The molecule has 1 aliphatic heterocycles. The number of anilines is 1. The summed E-state index contributed by atoms with van der Waals surface area (Å²) in [5.74, 6) is 0.229. The van der Waals surface area contributed by atoms with Gasteiger partial charge in [0.1, 0.15) is 11.8 Å². The number of amides is 2. The first-order valence-corrected chi connectivity index (χ1v) is 10.2. The van der Waals surface area contributed by atoms with Crippen molar-refractivity contribution in [1.82, 2.24) is 4.90 Å². The number of hydrogen-bond donors (Lipinski definition) is 2. The molecule has 27 heavy (non-hydrogen) atoms. The van der Waals surface area contributed by atoms with Crippen LogP contribution in [0.2, 0.25) is 0 Å². The van der Waals surface area contributed by atoms with E-state index in [4.69, 9.17) is 9.84 Å². The van der Waals surface area contributed by atoms with Gasteiger partial charge in [-0.05, 0) is 49.9 Å². The molecule has 0 aromatic heterocycles. The maximum Gasteiger partial charge on any atom is 0.306 e. The predicted molar refractivity (Wildman–Crippen MR) is 103 cm³/mol. The zero-order chi connectivity index (χ0) is 19.4. The number of aliphatic carboxylic acids is 1. The van der Waals surface area contributed by atoms with Crippen molar-refractivity contribution in [2.75, 3.05) is 24.1 Å². The highest BCUT2D eigenvalue weighted by Gasteiger charge is 2.39. The van der Waals surface area contributed by atoms with Gasteiger partial charge in [-0.3, -0.25) is 14.4 Å². The number of carboxylic acids is 1. The van der Waals surface area contributed by atoms with Crippen molar-refractivity contribution in [3.05, 3.63) is 24.3 Å². The summed E-state index contributed by atoms with van der Waals surface area (Å²) in [6.07, 6.45) is 2.19. The Bertz CT molecular complexity index is 701. The Kier molecular flexibility index (Phi) is 6.26. The number of thioether (sulfide) groups is 1. The lowest BCUT2D eigenvalue weighted by molar-refractivity contribution is -0.146. The molecule has 1 saturated heterocycles. The molecule has 1 aliphatic carbocycles. The zero-order valence-corrected chi connectivity index (χ0v) is 16.0. The molecule has 1 saturated carbocycles. The van der Waals surface area contributed by atoms with Crippen molar-refractivity contribution < 1.29 is 24.2 Å². The lowest BCUT2D eigenvalue weighted by Crippen LogP contribution is -2.47. The molecule has 7 nitrogen and oxygen atoms in total. The molecule has 2 N–H and O–H groups in total. The SMILES string of the molecule is COc1ccc(NC(=O)C2CSCN2C(=O)C2CCC(C(=O)O)CC2)cc1. The number of rotatable bonds is 5. The number of ether oxygens (including phenoxy) is 1. The van der Waals surface area contributed by atoms with Crippen LogP contribution in [0.25, 0.3) is 0 Å². The standard InChI is InChI=1S/C19H24N2O5S/c1-26-15-8-6-14(7-9-15)20-17(22)16-10-27-11-21(16)18(23)12-2-4-13(5-3-12)19(24)25/h6-9,12-13,16H,2-5,10-11H2,1H3,(H,20,22)(H,24,25). The maximum atomic E-state index is 12.9. The first-order valence-electron chi connectivity index (χ1n) is 9.05. The lowest BCUT2D eigenvalue weighted by Gasteiger charge is -2.31. The van der Waals surface area contributed by atoms with Crippen molar-refractivity contribution in [1.29, 1.82) is 0 Å². The number of carbonyl (C=O) groups is 3. The zero-order valence-electron chi connectivity index (χ0n) is 15.2. The molecular weight excluding hydrogens is 368 g/mol. The van der Waals surface area contributed by atoms with Crippen LogP contribution in [0.15, 0.2) is 24.3 Å². The van der Waals surface area contributed by atoms with E-state index in [0.717, 1.165) is 0 Å². The van der Waals surface area contributed by atoms with Crippen molar-refractivity contribution in [3.63, 3.8) is 0 Å². The fourth-order valence-electron chi connectivity index (χ4n) is 3.60. The number of nitrogens with zero attached hydrogens (tertiary/aromatic N) is 1. The molecule has 8 heteroatoms. The average molecular weight is 392 g/mol. The number of nitrogens with one attached hydrogen (secondary N) is 1. The molecule has 1 aromatic carbocycles. The molecule has 0 bridgehead atoms. The third-order valence-electron chi connectivity index (χ3n) is 5.25. The van der Waals surface area contributed by atoms with Gasteiger partial charge < -0.3 is 20.1 Å². The number of carboxylic acid groups (broad SMARTS) is 1. The van der Waals surface area contributed by atoms with E-state index >= 15 is 0 Å². The monoisotopic (exact) mass is 392 g/mol. The van der Waals surface area contributed by atoms with Gasteiger partial charge in [-0.1, -0.05) is 0 Å². The van der Waals surface area contributed by atoms with E-state index in [-0.39, 0.29) is 23.7 Å². The summed E-state index contributed by atoms with van der Waals surface area (Å²) in [6, 6.07) is 6.56. The van der Waals surface area contributed by atoms with Crippen molar-refractivity contribution >= 4 is 35.2 Å². The van der Waals surface area contributed by atoms with Crippen LogP contribution in [0.5, 0.6) is 5.75 Å². The molecule has 0 spiro atoms. The molecule has 1 atom stereocenters. The topological polar surface area (TPSA) is 95.9 Å². The molecule has 0 radical (unpaired) electrons. The van der Waals surface area contributed by atoms with E-state index in [0.29, 0.717) is 48.7 Å². The molecule has 146 valence electrons. The van der Waals surface area contributed by atoms with Gasteiger partial charge in [0.15, 0.2) is 0 Å². The van der Waals surface area contributed by atoms with Crippen LogP contribution in [0.3, 0.4) is 0 Å². The largest absolute Gasteiger partial charge is 0.497 e. The molecule has 2 amide bonds. The van der Waals surface area contributed by atoms with E-state index in [1.165, 1.54) is 0 Å². The van der Waals surface area contributed by atoms with Crippen molar-refractivity contribution in [2.45, 2.75) is 31.7 Å². The fourth-order valence-corrected chi connectivity index (χ4v) is 4.76. The van der Waals surface area contributed by atoms with Gasteiger partial charge in [0, 0.05) is 17.4 Å². The minimum Gasteiger partial charge on any atom is -0.497 e. The minimum atomic E-state index is -0.783. The third kappa shape index (κ3) is 4.55. The summed E-state index contributed by atoms with van der Waals surface area (Å²) in [4.78, 5) is 38.3. The van der Waals surface area contributed by atoms with Crippen molar-refractivity contribution in [2.24, 2.45) is 11.8 Å². The quantitative estimate of drug-likeness (QED) is 0.799. The smallest absolute Gasteiger partial charge is 0.306 e. The predicted octanol–water partition coefficient (Wildman–Crippen LogP) is 2.43. The van der Waals surface area contributed by atoms with Crippen LogP contribution in [0.1, 0.15) is 25.7 Å². The summed E-state index contributed by atoms with van der Waals surface area (Å²) in [6.45, 7) is 0. The number of methoxy groups -OCH3 is 1. The molecular formula is C19H24N2O5S. The van der Waals surface area contributed by atoms with Gasteiger partial charge in [-0.2, -0.15) is 0 Å². The van der Waals surface area contributed by atoms with Gasteiger partial charge in [-0.15, -0.1) is 11.8 Å². The third-order valence-corrected chi connectivity index (χ3v) is 6.26. The van der Waals surface area contributed by atoms with Gasteiger partial charge in [-0.25, -0.2) is 0 Å². The highest BCUT2D eigenvalue weighted by Crippen LogP contribution is 2.33. The van der Waals surface area contributed by atoms with Crippen LogP contribution in [-0.4, -0.2) is 52.6 Å². The molecule has 1 unspecified atom stereocenters. The van der Waals surface area contributed by atoms with Crippen molar-refractivity contribution in [3.8, 4) is 5.75 Å². The van der Waals surface area contributed by atoms with E-state index in [2.05, 4.69) is 5.32 Å². The Labute approximate surface area is 162 Å². The highest BCUT2D eigenvalue weighted by molar-refractivity contribution is 7.99. The first kappa shape index (κ1) is 19.5. The van der Waals surface area contributed by atoms with E-state index < -0.39 is 12.0 Å². The normalized spacial score (nSPS) is 25.1. The second-order valence-corrected chi connectivity index (χ2v) is 7.93. The fraction of sp³-hybridized carbons (Fsp3) is 0.526. The van der Waals surface area contributed by atoms with Gasteiger partial charge in [0.2, 0.25) is 11.8 Å². The van der Waals surface area contributed by atoms with E-state index in [1.54, 1.807) is 48.0 Å². The summed E-state index contributed by atoms with van der Waals surface area (Å²) in [7, 11) is 1.58. The molecule has 1 heterocycles. The maximum absolute atomic E-state index is 12.9. The molecule has 2 aliphatic rings. The Morgan fingerprint density at radius 3 is 2.33 bits per heavy atom. The second-order valence-electron chi connectivity index (χ2n) is 6.93. The van der Waals surface area contributed by atoms with Gasteiger partial charge in [0.25, 0.3) is 0 Å². The molecule has 1 aromatic rings. The van der Waals surface area contributed by atoms with E-state index in [1.807, 2.05) is 0 Å². The van der Waals surface area contributed by atoms with Crippen LogP contribution < -0.4 is 10.1 Å². The Morgan fingerprint density at radius 1 is 1.11 bits per heavy atom.